The summed E-state index contributed by atoms with van der Waals surface area (Å²) in [6.07, 6.45) is 2.43. The first-order valence-corrected chi connectivity index (χ1v) is 4.14. The zero-order valence-corrected chi connectivity index (χ0v) is 6.43. The van der Waals surface area contributed by atoms with E-state index in [2.05, 4.69) is 5.32 Å². The minimum absolute atomic E-state index is 0.356. The highest BCUT2D eigenvalue weighted by Crippen LogP contribution is 2.41. The molecule has 58 valence electrons. The van der Waals surface area contributed by atoms with E-state index in [9.17, 15) is 5.11 Å². The smallest absolute Gasteiger partial charge is 0.0700 e. The standard InChI is InChI=1S/C8H15NO/c1-8(10)6-2-3-7(8)5-9-4-6/h6-7,9-10H,2-5H2,1H3/t6-,7+,8?. The fourth-order valence-electron chi connectivity index (χ4n) is 2.37. The van der Waals surface area contributed by atoms with Crippen molar-refractivity contribution >= 4 is 0 Å². The maximum atomic E-state index is 9.93. The predicted molar refractivity (Wildman–Crippen MR) is 39.7 cm³/mol. The molecule has 2 nitrogen and oxygen atoms in total. The molecule has 1 heterocycles. The molecular weight excluding hydrogens is 126 g/mol. The molecule has 1 saturated carbocycles. The van der Waals surface area contributed by atoms with Crippen LogP contribution < -0.4 is 5.32 Å². The SMILES string of the molecule is CC1(O)[C@@H]2CC[C@H]1CNC2. The molecule has 0 aromatic heterocycles. The quantitative estimate of drug-likeness (QED) is 0.510. The second kappa shape index (κ2) is 1.95. The van der Waals surface area contributed by atoms with Crippen LogP contribution in [0.1, 0.15) is 19.8 Å². The van der Waals surface area contributed by atoms with Crippen molar-refractivity contribution in [1.82, 2.24) is 5.32 Å². The van der Waals surface area contributed by atoms with E-state index >= 15 is 0 Å². The molecule has 0 spiro atoms. The minimum atomic E-state index is -0.356. The summed E-state index contributed by atoms with van der Waals surface area (Å²) in [4.78, 5) is 0. The van der Waals surface area contributed by atoms with Crippen molar-refractivity contribution in [2.45, 2.75) is 25.4 Å². The van der Waals surface area contributed by atoms with Crippen LogP contribution in [0.15, 0.2) is 0 Å². The van der Waals surface area contributed by atoms with E-state index in [-0.39, 0.29) is 5.60 Å². The summed E-state index contributed by atoms with van der Waals surface area (Å²) < 4.78 is 0. The molecule has 3 atom stereocenters. The fourth-order valence-corrected chi connectivity index (χ4v) is 2.37. The lowest BCUT2D eigenvalue weighted by Gasteiger charge is -2.36. The average Bonchev–Trinajstić information content (AvgIpc) is 2.17. The van der Waals surface area contributed by atoms with Crippen LogP contribution in [0.5, 0.6) is 0 Å². The van der Waals surface area contributed by atoms with E-state index in [0.717, 1.165) is 13.1 Å². The Morgan fingerprint density at radius 2 is 1.80 bits per heavy atom. The van der Waals surface area contributed by atoms with Gasteiger partial charge in [0.1, 0.15) is 0 Å². The van der Waals surface area contributed by atoms with Gasteiger partial charge in [-0.05, 0) is 19.8 Å². The molecule has 2 rings (SSSR count). The summed E-state index contributed by atoms with van der Waals surface area (Å²) in [6, 6.07) is 0. The lowest BCUT2D eigenvalue weighted by molar-refractivity contribution is -0.0342. The molecule has 2 fully saturated rings. The van der Waals surface area contributed by atoms with Gasteiger partial charge in [0.15, 0.2) is 0 Å². The van der Waals surface area contributed by atoms with Crippen molar-refractivity contribution in [3.8, 4) is 0 Å². The molecule has 0 radical (unpaired) electrons. The number of fused-ring (bicyclic) bond motifs is 2. The number of hydrogen-bond donors (Lipinski definition) is 2. The van der Waals surface area contributed by atoms with Gasteiger partial charge in [-0.3, -0.25) is 0 Å². The molecule has 0 aromatic rings. The largest absolute Gasteiger partial charge is 0.390 e. The monoisotopic (exact) mass is 141 g/mol. The second-order valence-electron chi connectivity index (χ2n) is 3.86. The molecule has 1 aliphatic heterocycles. The van der Waals surface area contributed by atoms with Crippen LogP contribution in [-0.4, -0.2) is 23.8 Å². The Morgan fingerprint density at radius 1 is 1.30 bits per heavy atom. The first-order valence-electron chi connectivity index (χ1n) is 4.14. The number of piperidine rings is 1. The molecule has 1 aliphatic carbocycles. The van der Waals surface area contributed by atoms with E-state index < -0.39 is 0 Å². The number of aliphatic hydroxyl groups is 1. The van der Waals surface area contributed by atoms with Crippen LogP contribution in [0.2, 0.25) is 0 Å². The molecule has 1 saturated heterocycles. The molecule has 0 amide bonds. The Labute approximate surface area is 61.6 Å². The fraction of sp³-hybridized carbons (Fsp3) is 1.00. The predicted octanol–water partition coefficient (Wildman–Crippen LogP) is 0.367. The molecule has 10 heavy (non-hydrogen) atoms. The van der Waals surface area contributed by atoms with E-state index in [1.54, 1.807) is 0 Å². The first kappa shape index (κ1) is 6.62. The molecule has 1 unspecified atom stereocenters. The van der Waals surface area contributed by atoms with Gasteiger partial charge in [0.25, 0.3) is 0 Å². The van der Waals surface area contributed by atoms with E-state index in [0.29, 0.717) is 11.8 Å². The maximum absolute atomic E-state index is 9.93. The Bertz CT molecular complexity index is 126. The Balaban J connectivity index is 2.21. The summed E-state index contributed by atoms with van der Waals surface area (Å²) in [5.41, 5.74) is -0.356. The molecule has 2 aliphatic rings. The third kappa shape index (κ3) is 0.722. The van der Waals surface area contributed by atoms with Crippen LogP contribution in [0, 0.1) is 11.8 Å². The van der Waals surface area contributed by atoms with Crippen LogP contribution in [0.4, 0.5) is 0 Å². The van der Waals surface area contributed by atoms with Crippen molar-refractivity contribution in [1.29, 1.82) is 0 Å². The summed E-state index contributed by atoms with van der Waals surface area (Å²) >= 11 is 0. The van der Waals surface area contributed by atoms with Gasteiger partial charge < -0.3 is 10.4 Å². The third-order valence-electron chi connectivity index (χ3n) is 3.30. The average molecular weight is 141 g/mol. The van der Waals surface area contributed by atoms with Crippen LogP contribution in [0.25, 0.3) is 0 Å². The number of nitrogens with one attached hydrogen (secondary N) is 1. The lowest BCUT2D eigenvalue weighted by atomic mass is 9.83. The van der Waals surface area contributed by atoms with Gasteiger partial charge in [-0.25, -0.2) is 0 Å². The van der Waals surface area contributed by atoms with Gasteiger partial charge in [0.2, 0.25) is 0 Å². The van der Waals surface area contributed by atoms with Crippen LogP contribution in [0.3, 0.4) is 0 Å². The van der Waals surface area contributed by atoms with Gasteiger partial charge in [-0.15, -0.1) is 0 Å². The highest BCUT2D eigenvalue weighted by molar-refractivity contribution is 5.00. The topological polar surface area (TPSA) is 32.3 Å². The Morgan fingerprint density at radius 3 is 2.20 bits per heavy atom. The normalized spacial score (nSPS) is 53.4. The highest BCUT2D eigenvalue weighted by atomic mass is 16.3. The van der Waals surface area contributed by atoms with E-state index in [4.69, 9.17) is 0 Å². The van der Waals surface area contributed by atoms with Crippen molar-refractivity contribution in [2.24, 2.45) is 11.8 Å². The number of hydrogen-bond acceptors (Lipinski definition) is 2. The van der Waals surface area contributed by atoms with Crippen LogP contribution in [-0.2, 0) is 0 Å². The maximum Gasteiger partial charge on any atom is 0.0700 e. The zero-order chi connectivity index (χ0) is 7.19. The third-order valence-corrected chi connectivity index (χ3v) is 3.30. The summed E-state index contributed by atoms with van der Waals surface area (Å²) in [5.74, 6) is 1.04. The highest BCUT2D eigenvalue weighted by Gasteiger charge is 2.47. The number of rotatable bonds is 0. The van der Waals surface area contributed by atoms with Gasteiger partial charge in [0.05, 0.1) is 5.60 Å². The molecular formula is C8H15NO. The molecule has 2 N–H and O–H groups in total. The lowest BCUT2D eigenvalue weighted by Crippen LogP contribution is -2.50. The van der Waals surface area contributed by atoms with Gasteiger partial charge in [-0.1, -0.05) is 0 Å². The molecule has 0 aromatic carbocycles. The molecule has 2 heteroatoms. The van der Waals surface area contributed by atoms with Crippen molar-refractivity contribution in [2.75, 3.05) is 13.1 Å². The summed E-state index contributed by atoms with van der Waals surface area (Å²) in [5, 5.41) is 13.3. The summed E-state index contributed by atoms with van der Waals surface area (Å²) in [7, 11) is 0. The Kier molecular flexibility index (Phi) is 1.29. The van der Waals surface area contributed by atoms with Gasteiger partial charge >= 0.3 is 0 Å². The summed E-state index contributed by atoms with van der Waals surface area (Å²) in [6.45, 7) is 4.03. The second-order valence-corrected chi connectivity index (χ2v) is 3.86. The minimum Gasteiger partial charge on any atom is -0.390 e. The van der Waals surface area contributed by atoms with Crippen molar-refractivity contribution in [3.05, 3.63) is 0 Å². The molecule has 2 bridgehead atoms. The van der Waals surface area contributed by atoms with Gasteiger partial charge in [-0.2, -0.15) is 0 Å². The van der Waals surface area contributed by atoms with Crippen molar-refractivity contribution < 1.29 is 5.11 Å². The zero-order valence-electron chi connectivity index (χ0n) is 6.43. The van der Waals surface area contributed by atoms with Crippen LogP contribution >= 0.6 is 0 Å². The van der Waals surface area contributed by atoms with E-state index in [1.807, 2.05) is 6.92 Å². The first-order chi connectivity index (χ1) is 4.71. The Hall–Kier alpha value is -0.0800. The van der Waals surface area contributed by atoms with E-state index in [1.165, 1.54) is 12.8 Å². The van der Waals surface area contributed by atoms with Crippen molar-refractivity contribution in [3.63, 3.8) is 0 Å². The van der Waals surface area contributed by atoms with Gasteiger partial charge in [0, 0.05) is 24.9 Å².